The van der Waals surface area contributed by atoms with E-state index in [1.807, 2.05) is 6.07 Å². The van der Waals surface area contributed by atoms with E-state index in [0.717, 1.165) is 5.56 Å². The molecule has 0 N–H and O–H groups in total. The molecule has 0 radical (unpaired) electrons. The lowest BCUT2D eigenvalue weighted by Gasteiger charge is -2.09. The minimum absolute atomic E-state index is 0.174. The third kappa shape index (κ3) is 3.28. The highest BCUT2D eigenvalue weighted by Gasteiger charge is 2.16. The van der Waals surface area contributed by atoms with Gasteiger partial charge in [-0.1, -0.05) is 6.07 Å². The first-order valence-electron chi connectivity index (χ1n) is 6.28. The molecule has 0 bridgehead atoms. The molecule has 21 heavy (non-hydrogen) atoms. The Balaban J connectivity index is 2.23. The number of methoxy groups -OCH3 is 3. The quantitative estimate of drug-likeness (QED) is 0.756. The number of Topliss-reactive ketones (excluding diaryl/α,β-unsaturated/α-hetero) is 1. The molecule has 2 rings (SSSR count). The third-order valence-electron chi connectivity index (χ3n) is 2.93. The molecule has 6 nitrogen and oxygen atoms in total. The monoisotopic (exact) mass is 288 g/mol. The van der Waals surface area contributed by atoms with Crippen LogP contribution in [0.2, 0.25) is 0 Å². The molecule has 0 aliphatic rings. The van der Waals surface area contributed by atoms with Gasteiger partial charge in [0, 0.05) is 18.8 Å². The first-order valence-corrected chi connectivity index (χ1v) is 6.28. The first-order chi connectivity index (χ1) is 10.2. The molecule has 0 fully saturated rings. The van der Waals surface area contributed by atoms with Gasteiger partial charge in [-0.05, 0) is 17.7 Å². The zero-order chi connectivity index (χ0) is 15.2. The molecular formula is C15H16N2O4. The van der Waals surface area contributed by atoms with Crippen LogP contribution in [-0.2, 0) is 6.42 Å². The Bertz CT molecular complexity index is 643. The lowest BCUT2D eigenvalue weighted by molar-refractivity contribution is 0.0984. The second-order valence-electron chi connectivity index (χ2n) is 4.20. The van der Waals surface area contributed by atoms with Crippen LogP contribution in [0.5, 0.6) is 17.4 Å². The van der Waals surface area contributed by atoms with E-state index in [2.05, 4.69) is 9.97 Å². The predicted octanol–water partition coefficient (Wildman–Crippen LogP) is 1.93. The maximum Gasteiger partial charge on any atom is 0.243 e. The second kappa shape index (κ2) is 6.69. The van der Waals surface area contributed by atoms with Crippen LogP contribution in [-0.4, -0.2) is 37.1 Å². The highest BCUT2D eigenvalue weighted by atomic mass is 16.5. The lowest BCUT2D eigenvalue weighted by Crippen LogP contribution is -2.09. The zero-order valence-electron chi connectivity index (χ0n) is 12.1. The average Bonchev–Trinajstić information content (AvgIpc) is 2.54. The molecule has 0 aliphatic heterocycles. The summed E-state index contributed by atoms with van der Waals surface area (Å²) in [7, 11) is 4.57. The smallest absolute Gasteiger partial charge is 0.243 e. The van der Waals surface area contributed by atoms with Gasteiger partial charge in [0.2, 0.25) is 5.88 Å². The highest BCUT2D eigenvalue weighted by molar-refractivity contribution is 5.97. The molecule has 0 saturated carbocycles. The lowest BCUT2D eigenvalue weighted by atomic mass is 10.1. The molecular weight excluding hydrogens is 272 g/mol. The van der Waals surface area contributed by atoms with Crippen LogP contribution in [0.25, 0.3) is 0 Å². The number of nitrogens with zero attached hydrogens (tertiary/aromatic N) is 2. The van der Waals surface area contributed by atoms with Gasteiger partial charge in [0.05, 0.1) is 21.3 Å². The number of hydrogen-bond acceptors (Lipinski definition) is 6. The molecule has 2 aromatic rings. The molecule has 6 heteroatoms. The van der Waals surface area contributed by atoms with Gasteiger partial charge in [-0.15, -0.1) is 0 Å². The van der Waals surface area contributed by atoms with Crippen LogP contribution >= 0.6 is 0 Å². The van der Waals surface area contributed by atoms with Crippen LogP contribution in [0.15, 0.2) is 30.6 Å². The van der Waals surface area contributed by atoms with Crippen molar-refractivity contribution in [2.45, 2.75) is 6.42 Å². The Labute approximate surface area is 122 Å². The van der Waals surface area contributed by atoms with Gasteiger partial charge in [-0.2, -0.15) is 0 Å². The normalized spacial score (nSPS) is 10.0. The first kappa shape index (κ1) is 14.8. The number of hydrogen-bond donors (Lipinski definition) is 0. The molecule has 0 spiro atoms. The molecule has 0 saturated heterocycles. The van der Waals surface area contributed by atoms with Gasteiger partial charge in [-0.25, -0.2) is 9.97 Å². The fraction of sp³-hybridized carbons (Fsp3) is 0.267. The summed E-state index contributed by atoms with van der Waals surface area (Å²) >= 11 is 0. The van der Waals surface area contributed by atoms with E-state index in [4.69, 9.17) is 14.2 Å². The summed E-state index contributed by atoms with van der Waals surface area (Å²) in [5, 5.41) is 0. The topological polar surface area (TPSA) is 70.5 Å². The number of ether oxygens (including phenoxy) is 3. The van der Waals surface area contributed by atoms with Crippen LogP contribution < -0.4 is 14.2 Å². The van der Waals surface area contributed by atoms with Gasteiger partial charge in [0.15, 0.2) is 23.0 Å². The molecule has 0 unspecified atom stereocenters. The van der Waals surface area contributed by atoms with Crippen LogP contribution in [0.1, 0.15) is 16.1 Å². The van der Waals surface area contributed by atoms with Crippen LogP contribution in [0, 0.1) is 0 Å². The van der Waals surface area contributed by atoms with Crippen molar-refractivity contribution < 1.29 is 19.0 Å². The maximum absolute atomic E-state index is 12.3. The standard InChI is InChI=1S/C15H16N2O4/c1-19-12-5-4-10(9-13(12)20-2)8-11(18)14-15(21-3)17-7-6-16-14/h4-7,9H,8H2,1-3H3. The number of aromatic nitrogens is 2. The number of carbonyl (C=O) groups is 1. The van der Waals surface area contributed by atoms with E-state index >= 15 is 0 Å². The van der Waals surface area contributed by atoms with Crippen molar-refractivity contribution >= 4 is 5.78 Å². The van der Waals surface area contributed by atoms with Gasteiger partial charge >= 0.3 is 0 Å². The summed E-state index contributed by atoms with van der Waals surface area (Å²) in [4.78, 5) is 20.3. The van der Waals surface area contributed by atoms with Crippen molar-refractivity contribution in [3.05, 3.63) is 41.9 Å². The fourth-order valence-corrected chi connectivity index (χ4v) is 1.93. The van der Waals surface area contributed by atoms with E-state index in [1.54, 1.807) is 26.4 Å². The third-order valence-corrected chi connectivity index (χ3v) is 2.93. The van der Waals surface area contributed by atoms with Crippen molar-refractivity contribution in [3.63, 3.8) is 0 Å². The predicted molar refractivity (Wildman–Crippen MR) is 76.2 cm³/mol. The summed E-state index contributed by atoms with van der Waals surface area (Å²) in [6.07, 6.45) is 3.12. The van der Waals surface area contributed by atoms with Crippen molar-refractivity contribution in [3.8, 4) is 17.4 Å². The Kier molecular flexibility index (Phi) is 4.71. The van der Waals surface area contributed by atoms with E-state index in [1.165, 1.54) is 19.5 Å². The largest absolute Gasteiger partial charge is 0.493 e. The van der Waals surface area contributed by atoms with Crippen LogP contribution in [0.3, 0.4) is 0 Å². The Morgan fingerprint density at radius 3 is 2.38 bits per heavy atom. The molecule has 0 aliphatic carbocycles. The summed E-state index contributed by atoms with van der Waals surface area (Å²) in [5.41, 5.74) is 1.01. The summed E-state index contributed by atoms with van der Waals surface area (Å²) in [5.74, 6) is 1.25. The van der Waals surface area contributed by atoms with Crippen molar-refractivity contribution in [2.24, 2.45) is 0 Å². The average molecular weight is 288 g/mol. The Hall–Kier alpha value is -2.63. The summed E-state index contributed by atoms with van der Waals surface area (Å²) < 4.78 is 15.4. The molecule has 110 valence electrons. The minimum atomic E-state index is -0.174. The zero-order valence-corrected chi connectivity index (χ0v) is 12.1. The van der Waals surface area contributed by atoms with Gasteiger partial charge < -0.3 is 14.2 Å². The van der Waals surface area contributed by atoms with Crippen molar-refractivity contribution in [2.75, 3.05) is 21.3 Å². The second-order valence-corrected chi connectivity index (χ2v) is 4.20. The highest BCUT2D eigenvalue weighted by Crippen LogP contribution is 2.28. The van der Waals surface area contributed by atoms with Gasteiger partial charge in [0.1, 0.15) is 0 Å². The number of benzene rings is 1. The van der Waals surface area contributed by atoms with Crippen molar-refractivity contribution in [1.82, 2.24) is 9.97 Å². The van der Waals surface area contributed by atoms with Gasteiger partial charge in [0.25, 0.3) is 0 Å². The van der Waals surface area contributed by atoms with E-state index in [-0.39, 0.29) is 23.8 Å². The van der Waals surface area contributed by atoms with E-state index < -0.39 is 0 Å². The maximum atomic E-state index is 12.3. The number of ketones is 1. The van der Waals surface area contributed by atoms with E-state index in [0.29, 0.717) is 11.5 Å². The molecule has 1 aromatic carbocycles. The molecule has 0 amide bonds. The van der Waals surface area contributed by atoms with Crippen molar-refractivity contribution in [1.29, 1.82) is 0 Å². The summed E-state index contributed by atoms with van der Waals surface area (Å²) in [6.45, 7) is 0. The molecule has 1 heterocycles. The van der Waals surface area contributed by atoms with Gasteiger partial charge in [-0.3, -0.25) is 4.79 Å². The summed E-state index contributed by atoms with van der Waals surface area (Å²) in [6, 6.07) is 5.33. The molecule has 1 aromatic heterocycles. The molecule has 0 atom stereocenters. The fourth-order valence-electron chi connectivity index (χ4n) is 1.93. The Morgan fingerprint density at radius 2 is 1.71 bits per heavy atom. The Morgan fingerprint density at radius 1 is 1.00 bits per heavy atom. The number of rotatable bonds is 6. The van der Waals surface area contributed by atoms with E-state index in [9.17, 15) is 4.79 Å². The number of carbonyl (C=O) groups excluding carboxylic acids is 1. The minimum Gasteiger partial charge on any atom is -0.493 e. The van der Waals surface area contributed by atoms with Crippen LogP contribution in [0.4, 0.5) is 0 Å². The SMILES string of the molecule is COc1ccc(CC(=O)c2nccnc2OC)cc1OC.